The highest BCUT2D eigenvalue weighted by Crippen LogP contribution is 2.17. The second-order valence-electron chi connectivity index (χ2n) is 4.58. The smallest absolute Gasteiger partial charge is 0.0400 e. The maximum Gasteiger partial charge on any atom is 0.0400 e. The molecule has 0 bridgehead atoms. The average Bonchev–Trinajstić information content (AvgIpc) is 2.68. The first-order chi connectivity index (χ1) is 7.25. The minimum atomic E-state index is 0.620. The zero-order valence-electron chi connectivity index (χ0n) is 9.61. The minimum Gasteiger partial charge on any atom is -0.381 e. The fraction of sp³-hybridized carbons (Fsp3) is 0.538. The maximum absolute atomic E-state index is 3.58. The molecule has 1 aliphatic heterocycles. The van der Waals surface area contributed by atoms with Crippen LogP contribution in [0.15, 0.2) is 30.3 Å². The fourth-order valence-corrected chi connectivity index (χ4v) is 2.14. The van der Waals surface area contributed by atoms with E-state index in [-0.39, 0.29) is 0 Å². The predicted octanol–water partition coefficient (Wildman–Crippen LogP) is 2.58. The molecule has 15 heavy (non-hydrogen) atoms. The van der Waals surface area contributed by atoms with E-state index in [2.05, 4.69) is 54.4 Å². The molecule has 0 radical (unpaired) electrons. The summed E-state index contributed by atoms with van der Waals surface area (Å²) >= 11 is 0. The van der Waals surface area contributed by atoms with Crippen LogP contribution in [0, 0.1) is 0 Å². The van der Waals surface area contributed by atoms with Crippen LogP contribution >= 0.6 is 0 Å². The Labute approximate surface area is 92.3 Å². The Bertz CT molecular complexity index is 295. The Morgan fingerprint density at radius 2 is 2.00 bits per heavy atom. The number of hydrogen-bond donors (Lipinski definition) is 1. The molecule has 0 amide bonds. The van der Waals surface area contributed by atoms with Gasteiger partial charge < -0.3 is 5.32 Å². The van der Waals surface area contributed by atoms with Gasteiger partial charge in [-0.25, -0.2) is 0 Å². The quantitative estimate of drug-likeness (QED) is 0.814. The molecule has 0 aliphatic carbocycles. The van der Waals surface area contributed by atoms with E-state index in [0.717, 1.165) is 0 Å². The van der Waals surface area contributed by atoms with Crippen LogP contribution in [0.4, 0.5) is 5.69 Å². The van der Waals surface area contributed by atoms with Gasteiger partial charge in [0.15, 0.2) is 0 Å². The van der Waals surface area contributed by atoms with Gasteiger partial charge in [-0.3, -0.25) is 4.90 Å². The van der Waals surface area contributed by atoms with E-state index in [1.54, 1.807) is 0 Å². The van der Waals surface area contributed by atoms with E-state index in [4.69, 9.17) is 0 Å². The molecule has 1 aromatic rings. The van der Waals surface area contributed by atoms with Crippen LogP contribution in [0.1, 0.15) is 20.3 Å². The topological polar surface area (TPSA) is 15.3 Å². The van der Waals surface area contributed by atoms with Crippen molar-refractivity contribution in [1.82, 2.24) is 4.90 Å². The molecular formula is C13H20N2. The van der Waals surface area contributed by atoms with Crippen molar-refractivity contribution in [2.75, 3.05) is 18.4 Å². The average molecular weight is 204 g/mol. The molecule has 0 saturated carbocycles. The Morgan fingerprint density at radius 1 is 1.27 bits per heavy atom. The van der Waals surface area contributed by atoms with Crippen LogP contribution in [0.25, 0.3) is 0 Å². The molecule has 0 spiro atoms. The lowest BCUT2D eigenvalue weighted by Crippen LogP contribution is -2.31. The van der Waals surface area contributed by atoms with Crippen molar-refractivity contribution < 1.29 is 0 Å². The van der Waals surface area contributed by atoms with Gasteiger partial charge in [-0.15, -0.1) is 0 Å². The van der Waals surface area contributed by atoms with Crippen molar-refractivity contribution >= 4 is 5.69 Å². The first-order valence-corrected chi connectivity index (χ1v) is 5.81. The Hall–Kier alpha value is -1.02. The van der Waals surface area contributed by atoms with Gasteiger partial charge in [-0.05, 0) is 32.4 Å². The summed E-state index contributed by atoms with van der Waals surface area (Å²) in [5, 5.41) is 3.58. The van der Waals surface area contributed by atoms with E-state index < -0.39 is 0 Å². The van der Waals surface area contributed by atoms with Gasteiger partial charge in [0.05, 0.1) is 0 Å². The number of anilines is 1. The summed E-state index contributed by atoms with van der Waals surface area (Å²) in [6.45, 7) is 6.94. The van der Waals surface area contributed by atoms with E-state index in [1.807, 2.05) is 0 Å². The molecule has 1 heterocycles. The van der Waals surface area contributed by atoms with Crippen LogP contribution in [0.3, 0.4) is 0 Å². The van der Waals surface area contributed by atoms with Crippen molar-refractivity contribution in [3.05, 3.63) is 30.3 Å². The van der Waals surface area contributed by atoms with Gasteiger partial charge in [-0.2, -0.15) is 0 Å². The Kier molecular flexibility index (Phi) is 3.27. The van der Waals surface area contributed by atoms with Gasteiger partial charge in [0, 0.05) is 30.9 Å². The second-order valence-corrected chi connectivity index (χ2v) is 4.58. The molecule has 0 aromatic heterocycles. The molecule has 1 N–H and O–H groups in total. The summed E-state index contributed by atoms with van der Waals surface area (Å²) in [5.41, 5.74) is 1.24. The first kappa shape index (κ1) is 10.5. The standard InChI is InChI=1S/C13H20N2/c1-11(2)15-9-8-13(10-15)14-12-6-4-3-5-7-12/h3-7,11,13-14H,8-10H2,1-2H3/t13-/m1/s1. The summed E-state index contributed by atoms with van der Waals surface area (Å²) in [4.78, 5) is 2.53. The summed E-state index contributed by atoms with van der Waals surface area (Å²) in [6.07, 6.45) is 1.26. The van der Waals surface area contributed by atoms with Crippen LogP contribution in [-0.2, 0) is 0 Å². The third kappa shape index (κ3) is 2.72. The van der Waals surface area contributed by atoms with Crippen molar-refractivity contribution in [3.63, 3.8) is 0 Å². The van der Waals surface area contributed by atoms with E-state index in [1.165, 1.54) is 25.2 Å². The highest BCUT2D eigenvalue weighted by Gasteiger charge is 2.23. The number of nitrogens with one attached hydrogen (secondary N) is 1. The van der Waals surface area contributed by atoms with E-state index >= 15 is 0 Å². The number of hydrogen-bond acceptors (Lipinski definition) is 2. The molecular weight excluding hydrogens is 184 g/mol. The molecule has 2 nitrogen and oxygen atoms in total. The van der Waals surface area contributed by atoms with Crippen LogP contribution in [0.5, 0.6) is 0 Å². The minimum absolute atomic E-state index is 0.620. The maximum atomic E-state index is 3.58. The predicted molar refractivity (Wildman–Crippen MR) is 65.2 cm³/mol. The summed E-state index contributed by atoms with van der Waals surface area (Å²) in [6, 6.07) is 11.8. The molecule has 2 rings (SSSR count). The largest absolute Gasteiger partial charge is 0.381 e. The molecule has 1 atom stereocenters. The lowest BCUT2D eigenvalue weighted by Gasteiger charge is -2.20. The SMILES string of the molecule is CC(C)N1CC[C@@H](Nc2ccccc2)C1. The third-order valence-corrected chi connectivity index (χ3v) is 3.09. The van der Waals surface area contributed by atoms with Gasteiger partial charge in [0.2, 0.25) is 0 Å². The molecule has 2 heteroatoms. The van der Waals surface area contributed by atoms with Crippen molar-refractivity contribution in [1.29, 1.82) is 0 Å². The molecule has 1 aliphatic rings. The van der Waals surface area contributed by atoms with Gasteiger partial charge >= 0.3 is 0 Å². The number of rotatable bonds is 3. The van der Waals surface area contributed by atoms with E-state index in [0.29, 0.717) is 12.1 Å². The number of para-hydroxylation sites is 1. The van der Waals surface area contributed by atoms with Crippen molar-refractivity contribution in [2.24, 2.45) is 0 Å². The highest BCUT2D eigenvalue weighted by atomic mass is 15.2. The third-order valence-electron chi connectivity index (χ3n) is 3.09. The first-order valence-electron chi connectivity index (χ1n) is 5.81. The van der Waals surface area contributed by atoms with Crippen molar-refractivity contribution in [2.45, 2.75) is 32.4 Å². The zero-order chi connectivity index (χ0) is 10.7. The van der Waals surface area contributed by atoms with Crippen molar-refractivity contribution in [3.8, 4) is 0 Å². The normalized spacial score (nSPS) is 22.2. The monoisotopic (exact) mass is 204 g/mol. The fourth-order valence-electron chi connectivity index (χ4n) is 2.14. The second kappa shape index (κ2) is 4.67. The van der Waals surface area contributed by atoms with Crippen LogP contribution < -0.4 is 5.32 Å². The molecule has 82 valence electrons. The summed E-state index contributed by atoms with van der Waals surface area (Å²) in [5.74, 6) is 0. The highest BCUT2D eigenvalue weighted by molar-refractivity contribution is 5.43. The van der Waals surface area contributed by atoms with Crippen LogP contribution in [0.2, 0.25) is 0 Å². The number of nitrogens with zero attached hydrogens (tertiary/aromatic N) is 1. The van der Waals surface area contributed by atoms with Gasteiger partial charge in [0.25, 0.3) is 0 Å². The number of likely N-dealkylation sites (tertiary alicyclic amines) is 1. The Balaban J connectivity index is 1.88. The van der Waals surface area contributed by atoms with Gasteiger partial charge in [-0.1, -0.05) is 18.2 Å². The zero-order valence-corrected chi connectivity index (χ0v) is 9.61. The molecule has 1 fully saturated rings. The van der Waals surface area contributed by atoms with E-state index in [9.17, 15) is 0 Å². The van der Waals surface area contributed by atoms with Crippen LogP contribution in [-0.4, -0.2) is 30.1 Å². The summed E-state index contributed by atoms with van der Waals surface area (Å²) in [7, 11) is 0. The molecule has 1 aromatic carbocycles. The molecule has 1 saturated heterocycles. The Morgan fingerprint density at radius 3 is 2.60 bits per heavy atom. The molecule has 0 unspecified atom stereocenters. The number of benzene rings is 1. The lowest BCUT2D eigenvalue weighted by atomic mass is 10.2. The van der Waals surface area contributed by atoms with Gasteiger partial charge in [0.1, 0.15) is 0 Å². The summed E-state index contributed by atoms with van der Waals surface area (Å²) < 4.78 is 0. The lowest BCUT2D eigenvalue weighted by molar-refractivity contribution is 0.274.